The van der Waals surface area contributed by atoms with Crippen LogP contribution in [-0.4, -0.2) is 36.7 Å². The fourth-order valence-corrected chi connectivity index (χ4v) is 2.68. The van der Waals surface area contributed by atoms with Gasteiger partial charge in [0, 0.05) is 13.5 Å². The van der Waals surface area contributed by atoms with E-state index in [4.69, 9.17) is 4.74 Å². The van der Waals surface area contributed by atoms with Crippen LogP contribution >= 0.6 is 0 Å². The zero-order valence-corrected chi connectivity index (χ0v) is 12.2. The molecule has 1 amide bonds. The smallest absolute Gasteiger partial charge is 0.326 e. The van der Waals surface area contributed by atoms with Gasteiger partial charge in [0.2, 0.25) is 5.91 Å². The molecule has 0 aliphatic heterocycles. The minimum absolute atomic E-state index is 0.209. The minimum atomic E-state index is -1.01. The van der Waals surface area contributed by atoms with E-state index in [-0.39, 0.29) is 12.3 Å². The third-order valence-electron chi connectivity index (χ3n) is 4.10. The number of carboxylic acids is 1. The molecule has 1 aromatic rings. The van der Waals surface area contributed by atoms with Gasteiger partial charge in [0.25, 0.3) is 0 Å². The van der Waals surface area contributed by atoms with Crippen LogP contribution in [-0.2, 0) is 20.7 Å². The van der Waals surface area contributed by atoms with E-state index >= 15 is 0 Å². The van der Waals surface area contributed by atoms with Gasteiger partial charge in [0.1, 0.15) is 6.04 Å². The second-order valence-corrected chi connectivity index (χ2v) is 5.62. The monoisotopic (exact) mass is 291 g/mol. The molecule has 0 aromatic heterocycles. The first-order chi connectivity index (χ1) is 10.1. The number of nitrogens with one attached hydrogen (secondary N) is 1. The molecule has 1 aliphatic carbocycles. The van der Waals surface area contributed by atoms with Crippen molar-refractivity contribution in [3.8, 4) is 0 Å². The average molecular weight is 291 g/mol. The van der Waals surface area contributed by atoms with Crippen LogP contribution in [0, 0.1) is 5.41 Å². The Kier molecular flexibility index (Phi) is 4.96. The second kappa shape index (κ2) is 6.72. The quantitative estimate of drug-likeness (QED) is 0.800. The molecule has 21 heavy (non-hydrogen) atoms. The topological polar surface area (TPSA) is 75.6 Å². The Morgan fingerprint density at radius 3 is 2.48 bits per heavy atom. The van der Waals surface area contributed by atoms with Crippen molar-refractivity contribution in [2.45, 2.75) is 31.7 Å². The van der Waals surface area contributed by atoms with Gasteiger partial charge in [-0.2, -0.15) is 0 Å². The Balaban J connectivity index is 2.03. The molecule has 0 radical (unpaired) electrons. The Labute approximate surface area is 124 Å². The lowest BCUT2D eigenvalue weighted by molar-refractivity contribution is -0.148. The van der Waals surface area contributed by atoms with Gasteiger partial charge in [-0.1, -0.05) is 36.8 Å². The van der Waals surface area contributed by atoms with E-state index in [1.165, 1.54) is 0 Å². The predicted octanol–water partition coefficient (Wildman–Crippen LogP) is 1.62. The van der Waals surface area contributed by atoms with Crippen LogP contribution in [0.1, 0.15) is 24.8 Å². The summed E-state index contributed by atoms with van der Waals surface area (Å²) in [5.74, 6) is -1.22. The van der Waals surface area contributed by atoms with Crippen molar-refractivity contribution >= 4 is 11.9 Å². The summed E-state index contributed by atoms with van der Waals surface area (Å²) in [6, 6.07) is 8.39. The van der Waals surface area contributed by atoms with Crippen molar-refractivity contribution in [2.75, 3.05) is 13.7 Å². The first-order valence-electron chi connectivity index (χ1n) is 7.14. The number of carbonyl (C=O) groups is 2. The van der Waals surface area contributed by atoms with Crippen LogP contribution < -0.4 is 5.32 Å². The molecule has 0 bridgehead atoms. The van der Waals surface area contributed by atoms with Crippen molar-refractivity contribution in [1.82, 2.24) is 5.32 Å². The number of methoxy groups -OCH3 is 1. The van der Waals surface area contributed by atoms with Crippen molar-refractivity contribution in [2.24, 2.45) is 5.41 Å². The van der Waals surface area contributed by atoms with Crippen molar-refractivity contribution in [3.63, 3.8) is 0 Å². The molecule has 1 atom stereocenters. The number of rotatable bonds is 7. The third-order valence-corrected chi connectivity index (χ3v) is 4.10. The molecule has 5 heteroatoms. The zero-order chi connectivity index (χ0) is 15.3. The molecule has 1 aliphatic rings. The van der Waals surface area contributed by atoms with Gasteiger partial charge >= 0.3 is 5.97 Å². The number of amides is 1. The van der Waals surface area contributed by atoms with E-state index in [1.807, 2.05) is 30.3 Å². The van der Waals surface area contributed by atoms with Gasteiger partial charge in [-0.3, -0.25) is 4.79 Å². The van der Waals surface area contributed by atoms with Crippen LogP contribution in [0.25, 0.3) is 0 Å². The highest BCUT2D eigenvalue weighted by molar-refractivity contribution is 5.88. The Morgan fingerprint density at radius 2 is 2.00 bits per heavy atom. The van der Waals surface area contributed by atoms with Crippen LogP contribution in [0.15, 0.2) is 30.3 Å². The molecule has 114 valence electrons. The number of carbonyl (C=O) groups excluding carboxylic acids is 1. The summed E-state index contributed by atoms with van der Waals surface area (Å²) in [5, 5.41) is 12.0. The van der Waals surface area contributed by atoms with Gasteiger partial charge in [-0.05, 0) is 18.4 Å². The molecule has 0 saturated heterocycles. The molecular weight excluding hydrogens is 270 g/mol. The van der Waals surface area contributed by atoms with Crippen molar-refractivity contribution in [1.29, 1.82) is 0 Å². The van der Waals surface area contributed by atoms with Crippen LogP contribution in [0.2, 0.25) is 0 Å². The summed E-state index contributed by atoms with van der Waals surface area (Å²) in [7, 11) is 1.56. The van der Waals surface area contributed by atoms with Crippen LogP contribution in [0.4, 0.5) is 0 Å². The van der Waals surface area contributed by atoms with Crippen molar-refractivity contribution in [3.05, 3.63) is 35.9 Å². The number of hydrogen-bond acceptors (Lipinski definition) is 3. The largest absolute Gasteiger partial charge is 0.480 e. The van der Waals surface area contributed by atoms with E-state index in [2.05, 4.69) is 5.32 Å². The fraction of sp³-hybridized carbons (Fsp3) is 0.500. The molecule has 2 rings (SSSR count). The van der Waals surface area contributed by atoms with Gasteiger partial charge in [-0.25, -0.2) is 4.79 Å². The van der Waals surface area contributed by atoms with Gasteiger partial charge in [0.15, 0.2) is 0 Å². The summed E-state index contributed by atoms with van der Waals surface area (Å²) in [4.78, 5) is 23.8. The minimum Gasteiger partial charge on any atom is -0.480 e. The van der Waals surface area contributed by atoms with Gasteiger partial charge < -0.3 is 15.2 Å². The zero-order valence-electron chi connectivity index (χ0n) is 12.2. The van der Waals surface area contributed by atoms with E-state index in [0.717, 1.165) is 24.8 Å². The Bertz CT molecular complexity index is 496. The lowest BCUT2D eigenvalue weighted by atomic mass is 9.68. The first-order valence-corrected chi connectivity index (χ1v) is 7.14. The summed E-state index contributed by atoms with van der Waals surface area (Å²) in [6.07, 6.45) is 2.77. The third kappa shape index (κ3) is 3.61. The maximum absolute atomic E-state index is 12.4. The summed E-state index contributed by atoms with van der Waals surface area (Å²) in [6.45, 7) is 0.344. The van der Waals surface area contributed by atoms with E-state index < -0.39 is 17.4 Å². The lowest BCUT2D eigenvalue weighted by Crippen LogP contribution is -2.53. The maximum Gasteiger partial charge on any atom is 0.326 e. The lowest BCUT2D eigenvalue weighted by Gasteiger charge is -2.40. The van der Waals surface area contributed by atoms with Crippen molar-refractivity contribution < 1.29 is 19.4 Å². The van der Waals surface area contributed by atoms with E-state index in [1.54, 1.807) is 7.11 Å². The molecule has 1 fully saturated rings. The summed E-state index contributed by atoms with van der Waals surface area (Å²) < 4.78 is 5.12. The van der Waals surface area contributed by atoms with E-state index in [0.29, 0.717) is 6.61 Å². The number of benzene rings is 1. The number of carboxylic acid groups (broad SMARTS) is 1. The highest BCUT2D eigenvalue weighted by Gasteiger charge is 2.45. The fourth-order valence-electron chi connectivity index (χ4n) is 2.68. The molecule has 1 saturated carbocycles. The standard InChI is InChI=1S/C16H21NO4/c1-21-11-16(8-5-9-16)15(20)17-13(14(18)19)10-12-6-3-2-4-7-12/h2-4,6-7,13H,5,8-11H2,1H3,(H,17,20)(H,18,19). The maximum atomic E-state index is 12.4. The normalized spacial score (nSPS) is 17.6. The molecule has 0 heterocycles. The number of aliphatic carboxylic acids is 1. The molecule has 2 N–H and O–H groups in total. The number of hydrogen-bond donors (Lipinski definition) is 2. The number of ether oxygens (including phenoxy) is 1. The SMILES string of the molecule is COCC1(C(=O)NC(Cc2ccccc2)C(=O)O)CCC1. The van der Waals surface area contributed by atoms with E-state index in [9.17, 15) is 14.7 Å². The average Bonchev–Trinajstić information content (AvgIpc) is 2.43. The van der Waals surface area contributed by atoms with Crippen LogP contribution in [0.3, 0.4) is 0 Å². The highest BCUT2D eigenvalue weighted by Crippen LogP contribution is 2.41. The molecular formula is C16H21NO4. The van der Waals surface area contributed by atoms with Crippen LogP contribution in [0.5, 0.6) is 0 Å². The molecule has 5 nitrogen and oxygen atoms in total. The molecule has 0 spiro atoms. The van der Waals surface area contributed by atoms with Gasteiger partial charge in [0.05, 0.1) is 12.0 Å². The highest BCUT2D eigenvalue weighted by atomic mass is 16.5. The second-order valence-electron chi connectivity index (χ2n) is 5.62. The summed E-state index contributed by atoms with van der Waals surface area (Å²) in [5.41, 5.74) is 0.346. The predicted molar refractivity (Wildman–Crippen MR) is 77.9 cm³/mol. The Hall–Kier alpha value is -1.88. The first kappa shape index (κ1) is 15.5. The van der Waals surface area contributed by atoms with Gasteiger partial charge in [-0.15, -0.1) is 0 Å². The summed E-state index contributed by atoms with van der Waals surface area (Å²) >= 11 is 0. The molecule has 1 aromatic carbocycles. The molecule has 1 unspecified atom stereocenters. The Morgan fingerprint density at radius 1 is 1.33 bits per heavy atom.